The van der Waals surface area contributed by atoms with Gasteiger partial charge in [-0.05, 0) is 55.2 Å². The first-order valence-electron chi connectivity index (χ1n) is 10.1. The smallest absolute Gasteiger partial charge is 0.240 e. The first kappa shape index (κ1) is 22.2. The number of hydrogen-bond donors (Lipinski definition) is 2. The van der Waals surface area contributed by atoms with Gasteiger partial charge >= 0.3 is 0 Å². The summed E-state index contributed by atoms with van der Waals surface area (Å²) in [4.78, 5) is 16.3. The monoisotopic (exact) mass is 435 g/mol. The van der Waals surface area contributed by atoms with Gasteiger partial charge in [0, 0.05) is 19.2 Å². The zero-order valence-corrected chi connectivity index (χ0v) is 17.5. The molecule has 1 aromatic heterocycles. The number of carbonyl (C=O) groups is 1. The molecule has 162 valence electrons. The number of halogens is 1. The Morgan fingerprint density at radius 1 is 1.13 bits per heavy atom. The molecule has 30 heavy (non-hydrogen) atoms. The van der Waals surface area contributed by atoms with Crippen molar-refractivity contribution in [2.75, 3.05) is 18.5 Å². The zero-order valence-electron chi connectivity index (χ0n) is 16.6. The molecule has 0 unspecified atom stereocenters. The van der Waals surface area contributed by atoms with Crippen LogP contribution >= 0.6 is 0 Å². The fourth-order valence-corrected chi connectivity index (χ4v) is 4.38. The fourth-order valence-electron chi connectivity index (χ4n) is 3.35. The van der Waals surface area contributed by atoms with Crippen molar-refractivity contribution in [3.05, 3.63) is 48.4 Å². The molecule has 1 saturated carbocycles. The average Bonchev–Trinajstić information content (AvgIpc) is 2.74. The Hall–Kier alpha value is -2.52. The van der Waals surface area contributed by atoms with Crippen LogP contribution in [0.1, 0.15) is 38.5 Å². The van der Waals surface area contributed by atoms with Crippen molar-refractivity contribution in [1.29, 1.82) is 0 Å². The lowest BCUT2D eigenvalue weighted by molar-refractivity contribution is -0.116. The lowest BCUT2D eigenvalue weighted by Crippen LogP contribution is -2.28. The molecule has 9 heteroatoms. The molecule has 0 bridgehead atoms. The molecule has 1 fully saturated rings. The number of pyridine rings is 1. The van der Waals surface area contributed by atoms with Crippen LogP contribution in [-0.4, -0.2) is 32.5 Å². The van der Waals surface area contributed by atoms with E-state index in [0.29, 0.717) is 24.1 Å². The van der Waals surface area contributed by atoms with Crippen molar-refractivity contribution < 1.29 is 22.3 Å². The van der Waals surface area contributed by atoms with E-state index in [9.17, 15) is 17.6 Å². The summed E-state index contributed by atoms with van der Waals surface area (Å²) in [5.74, 6) is 0.426. The van der Waals surface area contributed by atoms with E-state index >= 15 is 0 Å². The van der Waals surface area contributed by atoms with E-state index in [1.54, 1.807) is 18.3 Å². The topological polar surface area (TPSA) is 97.4 Å². The number of aromatic nitrogens is 1. The predicted molar refractivity (Wildman–Crippen MR) is 111 cm³/mol. The van der Waals surface area contributed by atoms with E-state index in [0.717, 1.165) is 25.0 Å². The van der Waals surface area contributed by atoms with Crippen LogP contribution in [0.4, 0.5) is 10.2 Å². The Morgan fingerprint density at radius 3 is 2.60 bits per heavy atom. The second-order valence-electron chi connectivity index (χ2n) is 7.32. The largest absolute Gasteiger partial charge is 0.489 e. The highest BCUT2D eigenvalue weighted by molar-refractivity contribution is 7.89. The number of benzene rings is 1. The van der Waals surface area contributed by atoms with Crippen LogP contribution in [0, 0.1) is 11.7 Å². The van der Waals surface area contributed by atoms with E-state index in [1.807, 2.05) is 0 Å². The third-order valence-corrected chi connectivity index (χ3v) is 6.47. The van der Waals surface area contributed by atoms with Gasteiger partial charge in [-0.25, -0.2) is 22.5 Å². The summed E-state index contributed by atoms with van der Waals surface area (Å²) < 4.78 is 45.5. The van der Waals surface area contributed by atoms with Crippen molar-refractivity contribution in [2.45, 2.75) is 43.4 Å². The Bertz CT molecular complexity index is 945. The van der Waals surface area contributed by atoms with Crippen molar-refractivity contribution in [1.82, 2.24) is 9.71 Å². The molecule has 7 nitrogen and oxygen atoms in total. The summed E-state index contributed by atoms with van der Waals surface area (Å²) in [7, 11) is -3.81. The Morgan fingerprint density at radius 2 is 1.87 bits per heavy atom. The zero-order chi connectivity index (χ0) is 21.4. The first-order chi connectivity index (χ1) is 14.4. The Kier molecular flexibility index (Phi) is 7.75. The number of hydrogen-bond acceptors (Lipinski definition) is 5. The maximum atomic E-state index is 12.9. The van der Waals surface area contributed by atoms with Crippen molar-refractivity contribution in [3.63, 3.8) is 0 Å². The van der Waals surface area contributed by atoms with E-state index in [4.69, 9.17) is 4.74 Å². The number of nitrogens with zero attached hydrogens (tertiary/aromatic N) is 1. The van der Waals surface area contributed by atoms with Crippen LogP contribution in [0.3, 0.4) is 0 Å². The van der Waals surface area contributed by atoms with E-state index in [1.165, 1.54) is 31.4 Å². The summed E-state index contributed by atoms with van der Waals surface area (Å²) >= 11 is 0. The van der Waals surface area contributed by atoms with Crippen LogP contribution in [0.5, 0.6) is 5.75 Å². The van der Waals surface area contributed by atoms with Gasteiger partial charge in [0.2, 0.25) is 15.9 Å². The second-order valence-corrected chi connectivity index (χ2v) is 9.08. The molecular weight excluding hydrogens is 409 g/mol. The van der Waals surface area contributed by atoms with Gasteiger partial charge in [-0.1, -0.05) is 19.3 Å². The lowest BCUT2D eigenvalue weighted by Gasteiger charge is -2.22. The summed E-state index contributed by atoms with van der Waals surface area (Å²) in [6.45, 7) is 0.489. The van der Waals surface area contributed by atoms with Crippen LogP contribution in [0.2, 0.25) is 0 Å². The maximum Gasteiger partial charge on any atom is 0.240 e. The molecule has 1 amide bonds. The molecule has 0 aliphatic heterocycles. The number of anilines is 1. The number of sulfonamides is 1. The highest BCUT2D eigenvalue weighted by Gasteiger charge is 2.17. The summed E-state index contributed by atoms with van der Waals surface area (Å²) in [5.41, 5.74) is 0. The lowest BCUT2D eigenvalue weighted by atomic mass is 9.90. The molecule has 0 saturated heterocycles. The molecule has 3 rings (SSSR count). The highest BCUT2D eigenvalue weighted by Crippen LogP contribution is 2.27. The first-order valence-corrected chi connectivity index (χ1v) is 11.6. The molecule has 0 spiro atoms. The highest BCUT2D eigenvalue weighted by atomic mass is 32.2. The maximum absolute atomic E-state index is 12.9. The van der Waals surface area contributed by atoms with Gasteiger partial charge in [0.05, 0.1) is 11.5 Å². The molecule has 0 radical (unpaired) electrons. The van der Waals surface area contributed by atoms with Crippen LogP contribution < -0.4 is 14.8 Å². The number of ether oxygens (including phenoxy) is 1. The summed E-state index contributed by atoms with van der Waals surface area (Å²) in [6.07, 6.45) is 7.48. The Balaban J connectivity index is 1.49. The van der Waals surface area contributed by atoms with E-state index < -0.39 is 21.7 Å². The van der Waals surface area contributed by atoms with Gasteiger partial charge in [-0.15, -0.1) is 0 Å². The summed E-state index contributed by atoms with van der Waals surface area (Å²) in [5, 5.41) is 2.67. The Labute approximate surface area is 176 Å². The summed E-state index contributed by atoms with van der Waals surface area (Å²) in [6, 6.07) is 7.96. The standard InChI is InChI=1S/C21H26FN3O4S/c22-17-8-10-18(11-9-17)30(27,28)24-14-12-20(26)25-21-19(7-4-13-23-21)29-15-16-5-2-1-3-6-16/h4,7-11,13,16,24H,1-3,5-6,12,14-15H2,(H,23,25,26). The van der Waals surface area contributed by atoms with Gasteiger partial charge in [0.25, 0.3) is 0 Å². The third kappa shape index (κ3) is 6.50. The predicted octanol–water partition coefficient (Wildman–Crippen LogP) is 3.49. The van der Waals surface area contributed by atoms with Gasteiger partial charge in [0.1, 0.15) is 5.82 Å². The number of amides is 1. The average molecular weight is 436 g/mol. The van der Waals surface area contributed by atoms with Gasteiger partial charge < -0.3 is 10.1 Å². The molecular formula is C21H26FN3O4S. The minimum atomic E-state index is -3.81. The normalized spacial score (nSPS) is 15.0. The minimum absolute atomic E-state index is 0.0626. The SMILES string of the molecule is O=C(CCNS(=O)(=O)c1ccc(F)cc1)Nc1ncccc1OCC1CCCCC1. The van der Waals surface area contributed by atoms with Gasteiger partial charge in [-0.3, -0.25) is 4.79 Å². The van der Waals surface area contributed by atoms with Gasteiger partial charge in [-0.2, -0.15) is 0 Å². The van der Waals surface area contributed by atoms with Crippen LogP contribution in [0.25, 0.3) is 0 Å². The molecule has 1 heterocycles. The molecule has 1 aliphatic rings. The van der Waals surface area contributed by atoms with Crippen LogP contribution in [-0.2, 0) is 14.8 Å². The number of nitrogens with one attached hydrogen (secondary N) is 2. The van der Waals surface area contributed by atoms with Crippen molar-refractivity contribution in [2.24, 2.45) is 5.92 Å². The quantitative estimate of drug-likeness (QED) is 0.628. The van der Waals surface area contributed by atoms with Crippen molar-refractivity contribution >= 4 is 21.7 Å². The second kappa shape index (κ2) is 10.5. The fraction of sp³-hybridized carbons (Fsp3) is 0.429. The van der Waals surface area contributed by atoms with Crippen molar-refractivity contribution in [3.8, 4) is 5.75 Å². The number of rotatable bonds is 9. The molecule has 2 N–H and O–H groups in total. The van der Waals surface area contributed by atoms with E-state index in [-0.39, 0.29) is 17.9 Å². The minimum Gasteiger partial charge on any atom is -0.489 e. The molecule has 2 aromatic rings. The van der Waals surface area contributed by atoms with E-state index in [2.05, 4.69) is 15.0 Å². The van der Waals surface area contributed by atoms with Crippen LogP contribution in [0.15, 0.2) is 47.5 Å². The number of carbonyl (C=O) groups excluding carboxylic acids is 1. The molecule has 1 aliphatic carbocycles. The third-order valence-electron chi connectivity index (χ3n) is 5.00. The molecule has 1 aromatic carbocycles. The van der Waals surface area contributed by atoms with Gasteiger partial charge in [0.15, 0.2) is 11.6 Å². The molecule has 0 atom stereocenters.